The molecule has 0 spiro atoms. The van der Waals surface area contributed by atoms with Crippen molar-refractivity contribution < 1.29 is 0 Å². The summed E-state index contributed by atoms with van der Waals surface area (Å²) in [5, 5.41) is 4.87. The highest BCUT2D eigenvalue weighted by Crippen LogP contribution is 2.36. The predicted molar refractivity (Wildman–Crippen MR) is 107 cm³/mol. The van der Waals surface area contributed by atoms with E-state index in [4.69, 9.17) is 9.97 Å². The van der Waals surface area contributed by atoms with E-state index in [9.17, 15) is 0 Å². The quantitative estimate of drug-likeness (QED) is 0.731. The minimum absolute atomic E-state index is 0.558. The lowest BCUT2D eigenvalue weighted by atomic mass is 10.0. The monoisotopic (exact) mass is 359 g/mol. The predicted octanol–water partition coefficient (Wildman–Crippen LogP) is 3.78. The van der Waals surface area contributed by atoms with E-state index in [-0.39, 0.29) is 0 Å². The number of para-hydroxylation sites is 1. The molecule has 1 aromatic carbocycles. The molecular formula is C22H25N5. The van der Waals surface area contributed by atoms with Crippen molar-refractivity contribution in [3.05, 3.63) is 52.6 Å². The first-order chi connectivity index (χ1) is 13.4. The molecule has 0 atom stereocenters. The van der Waals surface area contributed by atoms with Crippen LogP contribution in [0.5, 0.6) is 0 Å². The highest BCUT2D eigenvalue weighted by atomic mass is 15.2. The van der Waals surface area contributed by atoms with Crippen molar-refractivity contribution in [2.45, 2.75) is 57.7 Å². The molecule has 1 saturated carbocycles. The summed E-state index contributed by atoms with van der Waals surface area (Å²) in [6.07, 6.45) is 6.21. The summed E-state index contributed by atoms with van der Waals surface area (Å²) >= 11 is 0. The van der Waals surface area contributed by atoms with Gasteiger partial charge in [0.25, 0.3) is 0 Å². The zero-order valence-electron chi connectivity index (χ0n) is 15.6. The number of anilines is 1. The second kappa shape index (κ2) is 6.06. The van der Waals surface area contributed by atoms with Crippen LogP contribution in [0.1, 0.15) is 59.9 Å². The molecule has 2 N–H and O–H groups in total. The van der Waals surface area contributed by atoms with Crippen LogP contribution in [0.15, 0.2) is 24.3 Å². The van der Waals surface area contributed by atoms with Gasteiger partial charge >= 0.3 is 0 Å². The van der Waals surface area contributed by atoms with Gasteiger partial charge in [-0.3, -0.25) is 0 Å². The van der Waals surface area contributed by atoms with Gasteiger partial charge in [0.15, 0.2) is 0 Å². The van der Waals surface area contributed by atoms with Crippen molar-refractivity contribution in [3.8, 4) is 0 Å². The molecule has 0 unspecified atom stereocenters. The number of hydrogen-bond acceptors (Lipinski definition) is 4. The minimum Gasteiger partial charge on any atom is -0.357 e. The molecule has 4 heterocycles. The van der Waals surface area contributed by atoms with Gasteiger partial charge in [-0.05, 0) is 30.9 Å². The summed E-state index contributed by atoms with van der Waals surface area (Å²) in [6.45, 7) is 3.72. The number of fused-ring (bicyclic) bond motifs is 4. The smallest absolute Gasteiger partial charge is 0.137 e. The van der Waals surface area contributed by atoms with Gasteiger partial charge in [-0.15, -0.1) is 0 Å². The first-order valence-electron chi connectivity index (χ1n) is 10.3. The first kappa shape index (κ1) is 15.6. The third kappa shape index (κ3) is 2.48. The van der Waals surface area contributed by atoms with Gasteiger partial charge in [-0.1, -0.05) is 31.0 Å². The van der Waals surface area contributed by atoms with Crippen LogP contribution in [0.4, 0.5) is 5.82 Å². The molecule has 0 radical (unpaired) electrons. The molecule has 5 nitrogen and oxygen atoms in total. The van der Waals surface area contributed by atoms with Crippen molar-refractivity contribution in [2.24, 2.45) is 0 Å². The van der Waals surface area contributed by atoms with Crippen LogP contribution in [0.3, 0.4) is 0 Å². The minimum atomic E-state index is 0.558. The van der Waals surface area contributed by atoms with Crippen LogP contribution in [-0.2, 0) is 26.1 Å². The SMILES string of the molecule is c1ccc2c3c([nH]c2c1)CN(c1nc(C2CCCC2)nc2c1CNC2)CC3. The Kier molecular flexibility index (Phi) is 3.51. The maximum Gasteiger partial charge on any atom is 0.137 e. The summed E-state index contributed by atoms with van der Waals surface area (Å²) in [5.74, 6) is 2.83. The van der Waals surface area contributed by atoms with E-state index in [0.29, 0.717) is 5.92 Å². The number of aromatic amines is 1. The molecule has 27 heavy (non-hydrogen) atoms. The molecule has 2 aromatic heterocycles. The van der Waals surface area contributed by atoms with Gasteiger partial charge in [0.1, 0.15) is 11.6 Å². The fourth-order valence-corrected chi connectivity index (χ4v) is 5.17. The van der Waals surface area contributed by atoms with Crippen LogP contribution in [0.2, 0.25) is 0 Å². The molecule has 138 valence electrons. The van der Waals surface area contributed by atoms with Crippen molar-refractivity contribution in [1.29, 1.82) is 0 Å². The van der Waals surface area contributed by atoms with Gasteiger partial charge in [-0.25, -0.2) is 9.97 Å². The standard InChI is InChI=1S/C22H25N5/c1-2-6-14(5-1)21-25-19-12-23-11-17(19)22(26-21)27-10-9-16-15-7-3-4-8-18(15)24-20(16)13-27/h3-4,7-8,14,23-24H,1-2,5-6,9-13H2. The van der Waals surface area contributed by atoms with E-state index >= 15 is 0 Å². The summed E-state index contributed by atoms with van der Waals surface area (Å²) in [6, 6.07) is 8.67. The second-order valence-electron chi connectivity index (χ2n) is 8.21. The van der Waals surface area contributed by atoms with Crippen molar-refractivity contribution in [1.82, 2.24) is 20.3 Å². The number of benzene rings is 1. The largest absolute Gasteiger partial charge is 0.357 e. The Hall–Kier alpha value is -2.40. The van der Waals surface area contributed by atoms with Crippen LogP contribution in [0, 0.1) is 0 Å². The Morgan fingerprint density at radius 1 is 1.00 bits per heavy atom. The van der Waals surface area contributed by atoms with Crippen LogP contribution in [0.25, 0.3) is 10.9 Å². The molecule has 0 amide bonds. The highest BCUT2D eigenvalue weighted by molar-refractivity contribution is 5.85. The molecular weight excluding hydrogens is 334 g/mol. The molecule has 1 fully saturated rings. The molecule has 5 heteroatoms. The summed E-state index contributed by atoms with van der Waals surface area (Å²) in [5.41, 5.74) is 6.64. The average molecular weight is 359 g/mol. The molecule has 3 aromatic rings. The Labute approximate surface area is 159 Å². The van der Waals surface area contributed by atoms with Gasteiger partial charge in [0.05, 0.1) is 12.2 Å². The summed E-state index contributed by atoms with van der Waals surface area (Å²) in [4.78, 5) is 16.2. The van der Waals surface area contributed by atoms with Gasteiger partial charge in [0.2, 0.25) is 0 Å². The third-order valence-corrected chi connectivity index (χ3v) is 6.59. The Morgan fingerprint density at radius 2 is 1.89 bits per heavy atom. The Bertz CT molecular complexity index is 1010. The van der Waals surface area contributed by atoms with Crippen molar-refractivity contribution in [2.75, 3.05) is 11.4 Å². The van der Waals surface area contributed by atoms with E-state index in [1.807, 2.05) is 0 Å². The highest BCUT2D eigenvalue weighted by Gasteiger charge is 2.29. The number of aromatic nitrogens is 3. The molecule has 2 aliphatic heterocycles. The van der Waals surface area contributed by atoms with E-state index in [1.165, 1.54) is 64.9 Å². The summed E-state index contributed by atoms with van der Waals surface area (Å²) in [7, 11) is 0. The van der Waals surface area contributed by atoms with Crippen molar-refractivity contribution in [3.63, 3.8) is 0 Å². The molecule has 1 aliphatic carbocycles. The number of rotatable bonds is 2. The molecule has 3 aliphatic rings. The number of hydrogen-bond donors (Lipinski definition) is 2. The van der Waals surface area contributed by atoms with Crippen LogP contribution in [-0.4, -0.2) is 21.5 Å². The van der Waals surface area contributed by atoms with E-state index < -0.39 is 0 Å². The average Bonchev–Trinajstić information content (AvgIpc) is 3.45. The Morgan fingerprint density at radius 3 is 2.81 bits per heavy atom. The lowest BCUT2D eigenvalue weighted by molar-refractivity contribution is 0.647. The number of H-pyrrole nitrogens is 1. The second-order valence-corrected chi connectivity index (χ2v) is 8.21. The number of nitrogens with zero attached hydrogens (tertiary/aromatic N) is 3. The van der Waals surface area contributed by atoms with E-state index in [2.05, 4.69) is 39.5 Å². The van der Waals surface area contributed by atoms with Gasteiger partial charge in [0, 0.05) is 47.7 Å². The van der Waals surface area contributed by atoms with Gasteiger partial charge < -0.3 is 15.2 Å². The third-order valence-electron chi connectivity index (χ3n) is 6.59. The normalized spacial score (nSPS) is 19.6. The zero-order chi connectivity index (χ0) is 17.8. The van der Waals surface area contributed by atoms with Crippen LogP contribution < -0.4 is 10.2 Å². The van der Waals surface area contributed by atoms with E-state index in [1.54, 1.807) is 0 Å². The summed E-state index contributed by atoms with van der Waals surface area (Å²) < 4.78 is 0. The molecule has 0 saturated heterocycles. The topological polar surface area (TPSA) is 56.8 Å². The molecule has 0 bridgehead atoms. The maximum atomic E-state index is 5.14. The van der Waals surface area contributed by atoms with Crippen molar-refractivity contribution >= 4 is 16.7 Å². The van der Waals surface area contributed by atoms with Gasteiger partial charge in [-0.2, -0.15) is 0 Å². The fourth-order valence-electron chi connectivity index (χ4n) is 5.17. The molecule has 6 rings (SSSR count). The lowest BCUT2D eigenvalue weighted by Gasteiger charge is -2.30. The first-order valence-corrected chi connectivity index (χ1v) is 10.3. The fraction of sp³-hybridized carbons (Fsp3) is 0.455. The van der Waals surface area contributed by atoms with E-state index in [0.717, 1.165) is 38.4 Å². The maximum absolute atomic E-state index is 5.14. The van der Waals surface area contributed by atoms with Crippen LogP contribution >= 0.6 is 0 Å². The number of nitrogens with one attached hydrogen (secondary N) is 2. The lowest BCUT2D eigenvalue weighted by Crippen LogP contribution is -2.32. The zero-order valence-corrected chi connectivity index (χ0v) is 15.6. The Balaban J connectivity index is 1.40.